The van der Waals surface area contributed by atoms with E-state index in [9.17, 15) is 4.79 Å². The fourth-order valence-electron chi connectivity index (χ4n) is 2.59. The van der Waals surface area contributed by atoms with E-state index >= 15 is 0 Å². The maximum Gasteiger partial charge on any atom is 0.325 e. The number of hydrogen-bond acceptors (Lipinski definition) is 4. The number of carbonyl (C=O) groups is 1. The van der Waals surface area contributed by atoms with E-state index in [1.54, 1.807) is 16.9 Å². The van der Waals surface area contributed by atoms with Crippen LogP contribution in [0.1, 0.15) is 0 Å². The molecule has 2 aliphatic rings. The maximum absolute atomic E-state index is 11.9. The third kappa shape index (κ3) is 1.68. The number of urea groups is 1. The fraction of sp³-hybridized carbons (Fsp3) is 0.727. The number of methoxy groups -OCH3 is 1. The summed E-state index contributed by atoms with van der Waals surface area (Å²) in [6.07, 6.45) is 2.18. The third-order valence-electron chi connectivity index (χ3n) is 3.59. The van der Waals surface area contributed by atoms with E-state index in [4.69, 9.17) is 4.74 Å². The Morgan fingerprint density at radius 2 is 1.94 bits per heavy atom. The minimum atomic E-state index is 0.00356. The molecule has 0 bridgehead atoms. The van der Waals surface area contributed by atoms with Crippen molar-refractivity contribution in [3.8, 4) is 0 Å². The molecule has 0 aliphatic carbocycles. The third-order valence-corrected chi connectivity index (χ3v) is 3.59. The molecule has 0 N–H and O–H groups in total. The molecule has 96 valence electrons. The lowest BCUT2D eigenvalue weighted by molar-refractivity contribution is -0.0166. The van der Waals surface area contributed by atoms with E-state index in [0.29, 0.717) is 6.61 Å². The van der Waals surface area contributed by atoms with Crippen LogP contribution in [0.4, 0.5) is 4.79 Å². The Hall–Kier alpha value is -1.27. The first-order valence-electron chi connectivity index (χ1n) is 5.64. The second-order valence-electron chi connectivity index (χ2n) is 4.65. The van der Waals surface area contributed by atoms with Crippen molar-refractivity contribution in [2.45, 2.75) is 12.3 Å². The lowest BCUT2D eigenvalue weighted by atomic mass is 10.2. The number of nitrogens with zero attached hydrogens (tertiary/aromatic N) is 4. The van der Waals surface area contributed by atoms with Crippen LogP contribution in [0.15, 0.2) is 11.9 Å². The number of ether oxygens (including phenoxy) is 1. The smallest absolute Gasteiger partial charge is 0.325 e. The van der Waals surface area contributed by atoms with Crippen molar-refractivity contribution in [1.29, 1.82) is 0 Å². The quantitative estimate of drug-likeness (QED) is 0.681. The minimum absolute atomic E-state index is 0.00356. The zero-order valence-electron chi connectivity index (χ0n) is 11.0. The Balaban J connectivity index is 2.33. The molecule has 6 nitrogen and oxygen atoms in total. The van der Waals surface area contributed by atoms with Crippen LogP contribution < -0.4 is 0 Å². The second kappa shape index (κ2) is 4.19. The Morgan fingerprint density at radius 1 is 1.29 bits per heavy atom. The molecule has 2 amide bonds. The molecule has 2 heterocycles. The van der Waals surface area contributed by atoms with Gasteiger partial charge in [-0.3, -0.25) is 9.80 Å². The van der Waals surface area contributed by atoms with Gasteiger partial charge >= 0.3 is 6.03 Å². The highest BCUT2D eigenvalue weighted by molar-refractivity contribution is 5.80. The van der Waals surface area contributed by atoms with Gasteiger partial charge in [-0.25, -0.2) is 4.79 Å². The van der Waals surface area contributed by atoms with E-state index in [0.717, 1.165) is 5.70 Å². The van der Waals surface area contributed by atoms with E-state index in [1.807, 2.05) is 34.4 Å². The van der Waals surface area contributed by atoms with E-state index in [-0.39, 0.29) is 18.4 Å². The van der Waals surface area contributed by atoms with Crippen molar-refractivity contribution in [1.82, 2.24) is 19.6 Å². The maximum atomic E-state index is 11.9. The molecule has 17 heavy (non-hydrogen) atoms. The van der Waals surface area contributed by atoms with E-state index in [1.165, 1.54) is 0 Å². The first-order valence-corrected chi connectivity index (χ1v) is 5.64. The Kier molecular flexibility index (Phi) is 3.01. The summed E-state index contributed by atoms with van der Waals surface area (Å²) in [4.78, 5) is 19.6. The summed E-state index contributed by atoms with van der Waals surface area (Å²) in [6, 6.07) is 0.0274. The van der Waals surface area contributed by atoms with Crippen molar-refractivity contribution in [3.63, 3.8) is 0 Å². The van der Waals surface area contributed by atoms with Gasteiger partial charge in [0, 0.05) is 34.5 Å². The van der Waals surface area contributed by atoms with Crippen molar-refractivity contribution in [3.05, 3.63) is 11.9 Å². The minimum Gasteiger partial charge on any atom is -0.381 e. The molecule has 0 aromatic rings. The number of likely N-dealkylation sites (N-methyl/N-ethyl adjacent to an activating group) is 4. The molecule has 0 aromatic heterocycles. The van der Waals surface area contributed by atoms with Crippen molar-refractivity contribution >= 4 is 6.03 Å². The average molecular weight is 240 g/mol. The van der Waals surface area contributed by atoms with Gasteiger partial charge in [-0.2, -0.15) is 0 Å². The van der Waals surface area contributed by atoms with Crippen molar-refractivity contribution in [2.24, 2.45) is 0 Å². The lowest BCUT2D eigenvalue weighted by Gasteiger charge is -2.43. The van der Waals surface area contributed by atoms with Crippen LogP contribution in [0.3, 0.4) is 0 Å². The van der Waals surface area contributed by atoms with Crippen LogP contribution in [0.5, 0.6) is 0 Å². The highest BCUT2D eigenvalue weighted by atomic mass is 16.5. The van der Waals surface area contributed by atoms with Gasteiger partial charge in [0.05, 0.1) is 12.3 Å². The molecule has 0 aromatic carbocycles. The molecular formula is C11H20N4O2. The summed E-state index contributed by atoms with van der Waals surface area (Å²) in [5.74, 6) is 0. The van der Waals surface area contributed by atoms with Gasteiger partial charge in [0.2, 0.25) is 0 Å². The van der Waals surface area contributed by atoms with Gasteiger partial charge < -0.3 is 14.5 Å². The van der Waals surface area contributed by atoms with Crippen LogP contribution in [-0.2, 0) is 4.74 Å². The predicted molar refractivity (Wildman–Crippen MR) is 64.0 cm³/mol. The van der Waals surface area contributed by atoms with Gasteiger partial charge in [0.25, 0.3) is 0 Å². The summed E-state index contributed by atoms with van der Waals surface area (Å²) in [5.41, 5.74) is 1.01. The van der Waals surface area contributed by atoms with Gasteiger partial charge in [-0.15, -0.1) is 0 Å². The highest BCUT2D eigenvalue weighted by Crippen LogP contribution is 2.31. The predicted octanol–water partition coefficient (Wildman–Crippen LogP) is 0.000800. The Labute approximate surface area is 102 Å². The number of carbonyl (C=O) groups excluding carboxylic acids is 1. The zero-order chi connectivity index (χ0) is 12.7. The SMILES string of the molecule is COCC1N(C)C=C2C(N(C)C(=O)N2C)N1C. The molecule has 1 fully saturated rings. The summed E-state index contributed by atoms with van der Waals surface area (Å²) in [5, 5.41) is 0. The zero-order valence-corrected chi connectivity index (χ0v) is 11.0. The number of fused-ring (bicyclic) bond motifs is 1. The Morgan fingerprint density at radius 3 is 2.53 bits per heavy atom. The molecule has 1 saturated heterocycles. The Bertz CT molecular complexity index is 357. The lowest BCUT2D eigenvalue weighted by Crippen LogP contribution is -2.57. The van der Waals surface area contributed by atoms with Gasteiger partial charge in [-0.05, 0) is 7.05 Å². The van der Waals surface area contributed by atoms with Gasteiger partial charge in [-0.1, -0.05) is 0 Å². The molecule has 6 heteroatoms. The first-order chi connectivity index (χ1) is 7.99. The molecule has 0 saturated carbocycles. The molecule has 2 unspecified atom stereocenters. The van der Waals surface area contributed by atoms with Crippen molar-refractivity contribution < 1.29 is 9.53 Å². The highest BCUT2D eigenvalue weighted by Gasteiger charge is 2.45. The molecule has 0 radical (unpaired) electrons. The molecule has 2 rings (SSSR count). The first kappa shape index (κ1) is 12.2. The van der Waals surface area contributed by atoms with E-state index < -0.39 is 0 Å². The molecule has 0 spiro atoms. The topological polar surface area (TPSA) is 39.3 Å². The van der Waals surface area contributed by atoms with Gasteiger partial charge in [0.15, 0.2) is 0 Å². The van der Waals surface area contributed by atoms with Crippen molar-refractivity contribution in [2.75, 3.05) is 41.9 Å². The molecule has 2 aliphatic heterocycles. The molecule has 2 atom stereocenters. The largest absolute Gasteiger partial charge is 0.381 e. The summed E-state index contributed by atoms with van der Waals surface area (Å²) >= 11 is 0. The molecular weight excluding hydrogens is 220 g/mol. The van der Waals surface area contributed by atoms with Crippen LogP contribution in [0.25, 0.3) is 0 Å². The van der Waals surface area contributed by atoms with Gasteiger partial charge in [0.1, 0.15) is 12.3 Å². The normalized spacial score (nSPS) is 29.8. The summed E-state index contributed by atoms with van der Waals surface area (Å²) in [7, 11) is 9.34. The number of amides is 2. The second-order valence-corrected chi connectivity index (χ2v) is 4.65. The fourth-order valence-corrected chi connectivity index (χ4v) is 2.59. The standard InChI is InChI=1S/C11H20N4O2/c1-12-6-8-10(14(3)9(12)7-17-5)15(4)11(16)13(8)2/h6,9-10H,7H2,1-5H3. The van der Waals surface area contributed by atoms with Crippen LogP contribution in [-0.4, -0.2) is 79.9 Å². The van der Waals surface area contributed by atoms with Crippen LogP contribution >= 0.6 is 0 Å². The summed E-state index contributed by atoms with van der Waals surface area (Å²) in [6.45, 7) is 0.610. The van der Waals surface area contributed by atoms with Crippen LogP contribution in [0.2, 0.25) is 0 Å². The summed E-state index contributed by atoms with van der Waals surface area (Å²) < 4.78 is 5.23. The average Bonchev–Trinajstić information content (AvgIpc) is 2.50. The number of rotatable bonds is 2. The van der Waals surface area contributed by atoms with Crippen LogP contribution in [0, 0.1) is 0 Å². The van der Waals surface area contributed by atoms with E-state index in [2.05, 4.69) is 9.80 Å². The monoisotopic (exact) mass is 240 g/mol. The number of hydrogen-bond donors (Lipinski definition) is 0.